The fraction of sp³-hybridized carbons (Fsp3) is 0.231. The Bertz CT molecular complexity index is 1250. The van der Waals surface area contributed by atoms with E-state index in [4.69, 9.17) is 9.47 Å². The molecule has 2 aliphatic rings. The minimum Gasteiger partial charge on any atom is -0.507 e. The molecule has 0 saturated carbocycles. The zero-order chi connectivity index (χ0) is 22.9. The normalized spacial score (nSPS) is 19.3. The van der Waals surface area contributed by atoms with E-state index >= 15 is 0 Å². The number of nitrogens with zero attached hydrogens (tertiary/aromatic N) is 1. The molecule has 6 nitrogen and oxygen atoms in total. The number of ether oxygens (including phenoxy) is 2. The van der Waals surface area contributed by atoms with Gasteiger partial charge in [-0.25, -0.2) is 0 Å². The number of fused-ring (bicyclic) bond motifs is 1. The van der Waals surface area contributed by atoms with Crippen molar-refractivity contribution in [3.63, 3.8) is 0 Å². The monoisotopic (exact) mass is 461 g/mol. The molecule has 1 fully saturated rings. The molecule has 0 aliphatic carbocycles. The van der Waals surface area contributed by atoms with Crippen LogP contribution in [0.5, 0.6) is 11.5 Å². The lowest BCUT2D eigenvalue weighted by atomic mass is 9.97. The minimum atomic E-state index is -0.678. The number of hydrogen-bond donors (Lipinski definition) is 1. The molecule has 1 atom stereocenters. The van der Waals surface area contributed by atoms with Crippen LogP contribution >= 0.6 is 11.3 Å². The molecule has 3 heterocycles. The Morgan fingerprint density at radius 2 is 2.06 bits per heavy atom. The second kappa shape index (κ2) is 8.75. The van der Waals surface area contributed by atoms with Crippen molar-refractivity contribution in [1.29, 1.82) is 0 Å². The maximum absolute atomic E-state index is 13.2. The molecule has 5 rings (SSSR count). The topological polar surface area (TPSA) is 76.1 Å². The number of amides is 1. The van der Waals surface area contributed by atoms with Gasteiger partial charge in [-0.05, 0) is 65.7 Å². The molecule has 2 aliphatic heterocycles. The molecule has 168 valence electrons. The van der Waals surface area contributed by atoms with Gasteiger partial charge < -0.3 is 19.5 Å². The Hall–Kier alpha value is -3.58. The highest BCUT2D eigenvalue weighted by atomic mass is 32.1. The first-order valence-electron chi connectivity index (χ1n) is 10.8. The van der Waals surface area contributed by atoms with Crippen molar-refractivity contribution in [2.75, 3.05) is 13.7 Å². The van der Waals surface area contributed by atoms with Gasteiger partial charge >= 0.3 is 0 Å². The Labute approximate surface area is 195 Å². The molecule has 1 N–H and O–H groups in total. The number of aliphatic hydroxyl groups is 1. The van der Waals surface area contributed by atoms with Crippen LogP contribution in [0.15, 0.2) is 65.6 Å². The number of carbonyl (C=O) groups is 2. The first kappa shape index (κ1) is 21.3. The van der Waals surface area contributed by atoms with Crippen LogP contribution in [0.1, 0.15) is 34.0 Å². The average molecular weight is 462 g/mol. The number of rotatable bonds is 5. The van der Waals surface area contributed by atoms with Crippen molar-refractivity contribution in [1.82, 2.24) is 4.90 Å². The van der Waals surface area contributed by atoms with Crippen LogP contribution in [0.2, 0.25) is 0 Å². The number of methoxy groups -OCH3 is 1. The summed E-state index contributed by atoms with van der Waals surface area (Å²) in [7, 11) is 1.58. The van der Waals surface area contributed by atoms with Crippen LogP contribution in [-0.2, 0) is 22.6 Å². The number of likely N-dealkylation sites (tertiary alicyclic amines) is 1. The minimum absolute atomic E-state index is 0.113. The summed E-state index contributed by atoms with van der Waals surface area (Å²) in [6.45, 7) is 0.894. The highest BCUT2D eigenvalue weighted by molar-refractivity contribution is 7.10. The third-order valence-corrected chi connectivity index (χ3v) is 6.95. The van der Waals surface area contributed by atoms with E-state index in [2.05, 4.69) is 0 Å². The number of Topliss-reactive ketones (excluding diaryl/α,β-unsaturated/α-hetero) is 1. The van der Waals surface area contributed by atoms with Gasteiger partial charge in [-0.15, -0.1) is 11.3 Å². The first-order valence-corrected chi connectivity index (χ1v) is 11.7. The van der Waals surface area contributed by atoms with Gasteiger partial charge in [0.05, 0.1) is 25.3 Å². The Morgan fingerprint density at radius 1 is 1.18 bits per heavy atom. The molecule has 2 aromatic carbocycles. The van der Waals surface area contributed by atoms with Gasteiger partial charge in [0.1, 0.15) is 17.3 Å². The van der Waals surface area contributed by atoms with Crippen LogP contribution in [0.3, 0.4) is 0 Å². The van der Waals surface area contributed by atoms with E-state index < -0.39 is 17.7 Å². The molecule has 33 heavy (non-hydrogen) atoms. The van der Waals surface area contributed by atoms with E-state index in [0.29, 0.717) is 17.9 Å². The maximum atomic E-state index is 13.2. The highest BCUT2D eigenvalue weighted by Crippen LogP contribution is 2.42. The van der Waals surface area contributed by atoms with Gasteiger partial charge in [0, 0.05) is 17.0 Å². The van der Waals surface area contributed by atoms with Crippen molar-refractivity contribution >= 4 is 28.8 Å². The molecule has 1 aromatic heterocycles. The molecular weight excluding hydrogens is 438 g/mol. The number of aryl methyl sites for hydroxylation is 1. The number of hydrogen-bond acceptors (Lipinski definition) is 6. The van der Waals surface area contributed by atoms with E-state index in [1.165, 1.54) is 16.2 Å². The maximum Gasteiger partial charge on any atom is 0.295 e. The molecule has 0 bridgehead atoms. The lowest BCUT2D eigenvalue weighted by Crippen LogP contribution is -2.28. The largest absolute Gasteiger partial charge is 0.507 e. The van der Waals surface area contributed by atoms with Gasteiger partial charge in [0.25, 0.3) is 11.7 Å². The number of ketones is 1. The van der Waals surface area contributed by atoms with Gasteiger partial charge in [0.15, 0.2) is 0 Å². The lowest BCUT2D eigenvalue weighted by molar-refractivity contribution is -0.140. The fourth-order valence-electron chi connectivity index (χ4n) is 4.42. The Balaban J connectivity index is 1.59. The predicted octanol–water partition coefficient (Wildman–Crippen LogP) is 4.70. The summed E-state index contributed by atoms with van der Waals surface area (Å²) in [4.78, 5) is 28.7. The third-order valence-electron chi connectivity index (χ3n) is 6.02. The summed E-state index contributed by atoms with van der Waals surface area (Å²) in [6.07, 6.45) is 1.74. The Kier molecular flexibility index (Phi) is 5.64. The predicted molar refractivity (Wildman–Crippen MR) is 125 cm³/mol. The van der Waals surface area contributed by atoms with Crippen molar-refractivity contribution in [2.24, 2.45) is 0 Å². The summed E-state index contributed by atoms with van der Waals surface area (Å²) < 4.78 is 11.0. The smallest absolute Gasteiger partial charge is 0.295 e. The Morgan fingerprint density at radius 3 is 2.85 bits per heavy atom. The third kappa shape index (κ3) is 3.89. The van der Waals surface area contributed by atoms with Crippen LogP contribution in [-0.4, -0.2) is 35.4 Å². The zero-order valence-electron chi connectivity index (χ0n) is 18.1. The number of aliphatic hydroxyl groups excluding tert-OH is 1. The zero-order valence-corrected chi connectivity index (χ0v) is 18.9. The molecule has 0 spiro atoms. The van der Waals surface area contributed by atoms with Crippen molar-refractivity contribution < 1.29 is 24.2 Å². The molecule has 0 radical (unpaired) electrons. The molecule has 3 aromatic rings. The van der Waals surface area contributed by atoms with Gasteiger partial charge in [0.2, 0.25) is 0 Å². The molecule has 1 amide bonds. The number of thiophene rings is 1. The van der Waals surface area contributed by atoms with Crippen molar-refractivity contribution in [3.8, 4) is 11.5 Å². The molecular formula is C26H23NO5S. The average Bonchev–Trinajstić information content (AvgIpc) is 3.46. The second-order valence-corrected chi connectivity index (χ2v) is 9.05. The fourth-order valence-corrected chi connectivity index (χ4v) is 5.26. The summed E-state index contributed by atoms with van der Waals surface area (Å²) in [5.74, 6) is 0.00853. The molecule has 1 saturated heterocycles. The summed E-state index contributed by atoms with van der Waals surface area (Å²) in [6, 6.07) is 15.9. The van der Waals surface area contributed by atoms with E-state index in [1.54, 1.807) is 13.2 Å². The van der Waals surface area contributed by atoms with Crippen LogP contribution in [0.25, 0.3) is 5.76 Å². The van der Waals surface area contributed by atoms with Crippen LogP contribution < -0.4 is 9.47 Å². The highest BCUT2D eigenvalue weighted by Gasteiger charge is 2.46. The van der Waals surface area contributed by atoms with Gasteiger partial charge in [-0.1, -0.05) is 18.2 Å². The SMILES string of the molecule is COc1cccc(CN2C(=O)C(=O)/C(=C(\O)c3ccc4c(c3)CCCO4)C2c2cccs2)c1. The van der Waals surface area contributed by atoms with E-state index in [9.17, 15) is 14.7 Å². The number of benzene rings is 2. The second-order valence-electron chi connectivity index (χ2n) is 8.07. The summed E-state index contributed by atoms with van der Waals surface area (Å²) in [5, 5.41) is 13.2. The molecule has 7 heteroatoms. The van der Waals surface area contributed by atoms with E-state index in [1.807, 2.05) is 53.9 Å². The van der Waals surface area contributed by atoms with Crippen LogP contribution in [0, 0.1) is 0 Å². The van der Waals surface area contributed by atoms with Crippen molar-refractivity contribution in [2.45, 2.75) is 25.4 Å². The summed E-state index contributed by atoms with van der Waals surface area (Å²) in [5.41, 5.74) is 2.45. The summed E-state index contributed by atoms with van der Waals surface area (Å²) >= 11 is 1.45. The van der Waals surface area contributed by atoms with E-state index in [-0.39, 0.29) is 17.9 Å². The molecule has 1 unspecified atom stereocenters. The lowest BCUT2D eigenvalue weighted by Gasteiger charge is -2.24. The standard InChI is InChI=1S/C26H23NO5S/c1-31-19-7-2-5-16(13-19)15-27-23(21-8-4-12-33-21)22(25(29)26(27)30)24(28)18-9-10-20-17(14-18)6-3-11-32-20/h2,4-5,7-10,12-14,23,28H,3,6,11,15H2,1H3/b24-22-. The van der Waals surface area contributed by atoms with Crippen LogP contribution in [0.4, 0.5) is 0 Å². The quantitative estimate of drug-likeness (QED) is 0.339. The van der Waals surface area contributed by atoms with Gasteiger partial charge in [-0.2, -0.15) is 0 Å². The van der Waals surface area contributed by atoms with E-state index in [0.717, 1.165) is 34.6 Å². The van der Waals surface area contributed by atoms with Gasteiger partial charge in [-0.3, -0.25) is 9.59 Å². The van der Waals surface area contributed by atoms with Crippen molar-refractivity contribution in [3.05, 3.63) is 87.1 Å². The first-order chi connectivity index (χ1) is 16.1. The number of carbonyl (C=O) groups excluding carboxylic acids is 2.